The van der Waals surface area contributed by atoms with Crippen LogP contribution in [0.2, 0.25) is 5.02 Å². The number of carbonyl (C=O) groups excluding carboxylic acids is 1. The molecule has 0 aliphatic heterocycles. The van der Waals surface area contributed by atoms with Crippen molar-refractivity contribution in [3.8, 4) is 0 Å². The number of hydrogen-bond acceptors (Lipinski definition) is 3. The Morgan fingerprint density at radius 2 is 2.05 bits per heavy atom. The van der Waals surface area contributed by atoms with Gasteiger partial charge in [-0.25, -0.2) is 9.18 Å². The van der Waals surface area contributed by atoms with Crippen molar-refractivity contribution in [2.75, 3.05) is 12.4 Å². The summed E-state index contributed by atoms with van der Waals surface area (Å²) < 4.78 is 17.7. The molecule has 0 radical (unpaired) electrons. The highest BCUT2D eigenvalue weighted by atomic mass is 35.5. The Morgan fingerprint density at radius 1 is 1.29 bits per heavy atom. The van der Waals surface area contributed by atoms with Gasteiger partial charge in [0.2, 0.25) is 0 Å². The first-order valence-electron chi connectivity index (χ1n) is 6.41. The standard InChI is InChI=1S/C16H15ClFNO2/c1-10(14-7-6-12(18)9-15(14)17)19-13-5-3-4-11(8-13)16(20)21-2/h3-10,19H,1-2H3. The van der Waals surface area contributed by atoms with Crippen LogP contribution in [0.4, 0.5) is 10.1 Å². The molecule has 110 valence electrons. The first-order valence-corrected chi connectivity index (χ1v) is 6.79. The molecule has 2 aromatic carbocycles. The molecule has 1 atom stereocenters. The minimum Gasteiger partial charge on any atom is -0.465 e. The molecule has 2 rings (SSSR count). The summed E-state index contributed by atoms with van der Waals surface area (Å²) in [6.07, 6.45) is 0. The lowest BCUT2D eigenvalue weighted by molar-refractivity contribution is 0.0601. The highest BCUT2D eigenvalue weighted by molar-refractivity contribution is 6.31. The number of anilines is 1. The molecule has 0 aromatic heterocycles. The molecule has 1 N–H and O–H groups in total. The van der Waals surface area contributed by atoms with Gasteiger partial charge in [-0.2, -0.15) is 0 Å². The zero-order valence-electron chi connectivity index (χ0n) is 11.7. The normalized spacial score (nSPS) is 11.8. The molecule has 21 heavy (non-hydrogen) atoms. The van der Waals surface area contributed by atoms with E-state index in [9.17, 15) is 9.18 Å². The van der Waals surface area contributed by atoms with E-state index in [0.717, 1.165) is 11.3 Å². The summed E-state index contributed by atoms with van der Waals surface area (Å²) in [5.41, 5.74) is 1.99. The van der Waals surface area contributed by atoms with E-state index >= 15 is 0 Å². The molecule has 0 aliphatic carbocycles. The van der Waals surface area contributed by atoms with E-state index in [0.29, 0.717) is 10.6 Å². The molecule has 0 amide bonds. The summed E-state index contributed by atoms with van der Waals surface area (Å²) in [5, 5.41) is 3.58. The van der Waals surface area contributed by atoms with E-state index in [4.69, 9.17) is 11.6 Å². The third-order valence-corrected chi connectivity index (χ3v) is 3.42. The number of rotatable bonds is 4. The lowest BCUT2D eigenvalue weighted by Crippen LogP contribution is -2.08. The van der Waals surface area contributed by atoms with Crippen LogP contribution in [-0.4, -0.2) is 13.1 Å². The van der Waals surface area contributed by atoms with Gasteiger partial charge in [-0.3, -0.25) is 0 Å². The quantitative estimate of drug-likeness (QED) is 0.849. The molecule has 1 unspecified atom stereocenters. The summed E-state index contributed by atoms with van der Waals surface area (Å²) in [6.45, 7) is 1.91. The number of benzene rings is 2. The summed E-state index contributed by atoms with van der Waals surface area (Å²) in [6, 6.07) is 11.1. The lowest BCUT2D eigenvalue weighted by atomic mass is 10.1. The molecular formula is C16H15ClFNO2. The van der Waals surface area contributed by atoms with Crippen molar-refractivity contribution in [3.05, 3.63) is 64.4 Å². The molecule has 5 heteroatoms. The molecule has 0 aliphatic rings. The number of esters is 1. The topological polar surface area (TPSA) is 38.3 Å². The monoisotopic (exact) mass is 307 g/mol. The van der Waals surface area contributed by atoms with Crippen LogP contribution in [0.15, 0.2) is 42.5 Å². The zero-order valence-corrected chi connectivity index (χ0v) is 12.4. The van der Waals surface area contributed by atoms with Crippen LogP contribution >= 0.6 is 11.6 Å². The van der Waals surface area contributed by atoms with Gasteiger partial charge in [0.15, 0.2) is 0 Å². The van der Waals surface area contributed by atoms with Crippen molar-refractivity contribution in [1.82, 2.24) is 0 Å². The number of halogens is 2. The number of hydrogen-bond donors (Lipinski definition) is 1. The summed E-state index contributed by atoms with van der Waals surface area (Å²) in [4.78, 5) is 11.5. The van der Waals surface area contributed by atoms with Crippen LogP contribution in [0.25, 0.3) is 0 Å². The molecule has 3 nitrogen and oxygen atoms in total. The minimum absolute atomic E-state index is 0.133. The van der Waals surface area contributed by atoms with Crippen LogP contribution < -0.4 is 5.32 Å². The van der Waals surface area contributed by atoms with Gasteiger partial charge < -0.3 is 10.1 Å². The Bertz CT molecular complexity index is 660. The first-order chi connectivity index (χ1) is 10.0. The van der Waals surface area contributed by atoms with Gasteiger partial charge in [-0.05, 0) is 42.8 Å². The van der Waals surface area contributed by atoms with Crippen LogP contribution in [0.5, 0.6) is 0 Å². The van der Waals surface area contributed by atoms with Crippen molar-refractivity contribution < 1.29 is 13.9 Å². The van der Waals surface area contributed by atoms with E-state index in [-0.39, 0.29) is 11.9 Å². The minimum atomic E-state index is -0.397. The molecule has 0 heterocycles. The van der Waals surface area contributed by atoms with E-state index in [2.05, 4.69) is 10.1 Å². The molecule has 0 spiro atoms. The Kier molecular flexibility index (Phi) is 4.81. The maximum absolute atomic E-state index is 13.1. The average molecular weight is 308 g/mol. The van der Waals surface area contributed by atoms with Crippen LogP contribution in [0.1, 0.15) is 28.9 Å². The van der Waals surface area contributed by atoms with Crippen molar-refractivity contribution >= 4 is 23.3 Å². The summed E-state index contributed by atoms with van der Waals surface area (Å²) in [7, 11) is 1.34. The molecule has 0 saturated heterocycles. The van der Waals surface area contributed by atoms with E-state index in [1.807, 2.05) is 13.0 Å². The average Bonchev–Trinajstić information content (AvgIpc) is 2.46. The van der Waals surface area contributed by atoms with Gasteiger partial charge >= 0.3 is 5.97 Å². The highest BCUT2D eigenvalue weighted by Crippen LogP contribution is 2.27. The third-order valence-electron chi connectivity index (χ3n) is 3.10. The number of nitrogens with one attached hydrogen (secondary N) is 1. The Balaban J connectivity index is 2.19. The fraction of sp³-hybridized carbons (Fsp3) is 0.188. The number of ether oxygens (including phenoxy) is 1. The molecular weight excluding hydrogens is 293 g/mol. The number of methoxy groups -OCH3 is 1. The molecule has 2 aromatic rings. The van der Waals surface area contributed by atoms with Crippen molar-refractivity contribution in [1.29, 1.82) is 0 Å². The van der Waals surface area contributed by atoms with Crippen LogP contribution in [0, 0.1) is 5.82 Å². The fourth-order valence-corrected chi connectivity index (χ4v) is 2.37. The first kappa shape index (κ1) is 15.3. The van der Waals surface area contributed by atoms with E-state index in [1.54, 1.807) is 24.3 Å². The van der Waals surface area contributed by atoms with Gasteiger partial charge in [0.05, 0.1) is 12.7 Å². The van der Waals surface area contributed by atoms with Crippen molar-refractivity contribution in [3.63, 3.8) is 0 Å². The van der Waals surface area contributed by atoms with Gasteiger partial charge in [0.1, 0.15) is 5.82 Å². The Hall–Kier alpha value is -2.07. The second kappa shape index (κ2) is 6.59. The molecule has 0 fully saturated rings. The second-order valence-corrected chi connectivity index (χ2v) is 5.01. The predicted octanol–water partition coefficient (Wildman–Crippen LogP) is 4.44. The van der Waals surface area contributed by atoms with Crippen molar-refractivity contribution in [2.24, 2.45) is 0 Å². The summed E-state index contributed by atoms with van der Waals surface area (Å²) >= 11 is 6.04. The van der Waals surface area contributed by atoms with Crippen LogP contribution in [-0.2, 0) is 4.74 Å². The molecule has 0 saturated carbocycles. The summed E-state index contributed by atoms with van der Waals surface area (Å²) in [5.74, 6) is -0.769. The zero-order chi connectivity index (χ0) is 15.4. The second-order valence-electron chi connectivity index (χ2n) is 4.60. The smallest absolute Gasteiger partial charge is 0.337 e. The third kappa shape index (κ3) is 3.73. The van der Waals surface area contributed by atoms with Gasteiger partial charge in [0.25, 0.3) is 0 Å². The SMILES string of the molecule is COC(=O)c1cccc(NC(C)c2ccc(F)cc2Cl)c1. The maximum Gasteiger partial charge on any atom is 0.337 e. The number of carbonyl (C=O) groups is 1. The lowest BCUT2D eigenvalue weighted by Gasteiger charge is -2.17. The Morgan fingerprint density at radius 3 is 2.71 bits per heavy atom. The van der Waals surface area contributed by atoms with E-state index < -0.39 is 5.97 Å². The maximum atomic E-state index is 13.1. The van der Waals surface area contributed by atoms with E-state index in [1.165, 1.54) is 19.2 Å². The van der Waals surface area contributed by atoms with Crippen LogP contribution in [0.3, 0.4) is 0 Å². The largest absolute Gasteiger partial charge is 0.465 e. The highest BCUT2D eigenvalue weighted by Gasteiger charge is 2.12. The fourth-order valence-electron chi connectivity index (χ4n) is 2.03. The van der Waals surface area contributed by atoms with Crippen molar-refractivity contribution in [2.45, 2.75) is 13.0 Å². The predicted molar refractivity (Wildman–Crippen MR) is 81.2 cm³/mol. The van der Waals surface area contributed by atoms with Gasteiger partial charge in [0, 0.05) is 16.8 Å². The Labute approximate surface area is 127 Å². The van der Waals surface area contributed by atoms with Gasteiger partial charge in [-0.1, -0.05) is 23.7 Å². The molecule has 0 bridgehead atoms. The van der Waals surface area contributed by atoms with Gasteiger partial charge in [-0.15, -0.1) is 0 Å².